The molecule has 0 bridgehead atoms. The van der Waals surface area contributed by atoms with E-state index in [2.05, 4.69) is 36.2 Å². The maximum Gasteiger partial charge on any atom is 0.0445 e. The Morgan fingerprint density at radius 1 is 0.857 bits per heavy atom. The Balaban J connectivity index is 1.54. The highest BCUT2D eigenvalue weighted by atomic mass is 32.1. The molecular weight excluding hydrogens is 292 g/mol. The summed E-state index contributed by atoms with van der Waals surface area (Å²) in [5.74, 6) is 0. The first kappa shape index (κ1) is 16.5. The second-order valence-corrected chi connectivity index (χ2v) is 7.66. The van der Waals surface area contributed by atoms with Crippen LogP contribution in [0.4, 0.5) is 0 Å². The Bertz CT molecular complexity index is 493. The first-order valence-electron chi connectivity index (χ1n) is 8.13. The van der Waals surface area contributed by atoms with Crippen molar-refractivity contribution in [2.45, 2.75) is 57.8 Å². The Morgan fingerprint density at radius 3 is 2.33 bits per heavy atom. The van der Waals surface area contributed by atoms with Gasteiger partial charge < -0.3 is 0 Å². The molecule has 0 aliphatic carbocycles. The van der Waals surface area contributed by atoms with Gasteiger partial charge in [0.05, 0.1) is 0 Å². The lowest BCUT2D eigenvalue weighted by molar-refractivity contribution is 0.582. The topological polar surface area (TPSA) is 0 Å². The van der Waals surface area contributed by atoms with E-state index in [0.717, 1.165) is 0 Å². The van der Waals surface area contributed by atoms with Crippen LogP contribution in [0.15, 0.2) is 42.3 Å². The number of rotatable bonds is 11. The zero-order valence-electron chi connectivity index (χ0n) is 12.9. The van der Waals surface area contributed by atoms with Gasteiger partial charge in [-0.15, -0.1) is 29.3 Å². The van der Waals surface area contributed by atoms with Gasteiger partial charge in [0.15, 0.2) is 0 Å². The Kier molecular flexibility index (Phi) is 7.83. The van der Waals surface area contributed by atoms with Crippen molar-refractivity contribution < 1.29 is 0 Å². The minimum Gasteiger partial charge on any atom is -0.143 e. The van der Waals surface area contributed by atoms with Gasteiger partial charge in [-0.1, -0.05) is 44.2 Å². The van der Waals surface area contributed by atoms with Crippen LogP contribution < -0.4 is 0 Å². The molecule has 0 N–H and O–H groups in total. The minimum atomic E-state index is 1.19. The lowest BCUT2D eigenvalue weighted by Gasteiger charge is -2.01. The molecule has 0 nitrogen and oxygen atoms in total. The van der Waals surface area contributed by atoms with Crippen LogP contribution in [-0.2, 0) is 6.42 Å². The molecule has 2 aromatic rings. The fourth-order valence-corrected chi connectivity index (χ4v) is 4.42. The van der Waals surface area contributed by atoms with Crippen molar-refractivity contribution in [2.24, 2.45) is 0 Å². The molecule has 0 amide bonds. The molecule has 2 rings (SSSR count). The summed E-state index contributed by atoms with van der Waals surface area (Å²) < 4.78 is 0. The van der Waals surface area contributed by atoms with E-state index in [0.29, 0.717) is 0 Å². The third kappa shape index (κ3) is 6.19. The van der Waals surface area contributed by atoms with Gasteiger partial charge in [0.1, 0.15) is 0 Å². The van der Waals surface area contributed by atoms with Crippen molar-refractivity contribution >= 4 is 22.7 Å². The summed E-state index contributed by atoms with van der Waals surface area (Å²) in [7, 11) is 0. The van der Waals surface area contributed by atoms with Crippen LogP contribution in [0.2, 0.25) is 0 Å². The van der Waals surface area contributed by atoms with Gasteiger partial charge in [0.25, 0.3) is 0 Å². The van der Waals surface area contributed by atoms with E-state index >= 15 is 0 Å². The summed E-state index contributed by atoms with van der Waals surface area (Å²) >= 11 is 3.81. The Labute approximate surface area is 137 Å². The molecule has 0 atom stereocenters. The number of allylic oxidation sites excluding steroid dienone is 1. The van der Waals surface area contributed by atoms with E-state index in [1.165, 1.54) is 67.5 Å². The molecule has 0 unspecified atom stereocenters. The number of thiophene rings is 2. The molecule has 0 fully saturated rings. The van der Waals surface area contributed by atoms with Gasteiger partial charge in [0, 0.05) is 14.6 Å². The molecule has 2 aromatic heterocycles. The van der Waals surface area contributed by atoms with E-state index in [9.17, 15) is 0 Å². The summed E-state index contributed by atoms with van der Waals surface area (Å²) in [6.45, 7) is 3.77. The van der Waals surface area contributed by atoms with Gasteiger partial charge >= 0.3 is 0 Å². The van der Waals surface area contributed by atoms with Crippen molar-refractivity contribution in [3.05, 3.63) is 47.2 Å². The molecule has 0 aliphatic heterocycles. The molecular formula is C19H26S2. The van der Waals surface area contributed by atoms with Crippen LogP contribution in [-0.4, -0.2) is 0 Å². The van der Waals surface area contributed by atoms with Gasteiger partial charge in [-0.25, -0.2) is 0 Å². The van der Waals surface area contributed by atoms with Crippen molar-refractivity contribution in [3.63, 3.8) is 0 Å². The zero-order chi connectivity index (χ0) is 14.8. The predicted molar refractivity (Wildman–Crippen MR) is 98.5 cm³/mol. The van der Waals surface area contributed by atoms with Crippen LogP contribution in [0.3, 0.4) is 0 Å². The largest absolute Gasteiger partial charge is 0.143 e. The summed E-state index contributed by atoms with van der Waals surface area (Å²) in [6.07, 6.45) is 14.1. The standard InChI is InChI=1S/C19H26S2/c1-2-3-4-5-6-7-8-9-10-12-17-14-15-19(21-17)18-13-11-16-20-18/h2,11,13-16H,1,3-10,12H2. The molecule has 0 aromatic carbocycles. The van der Waals surface area contributed by atoms with Crippen LogP contribution in [0.5, 0.6) is 0 Å². The molecule has 0 saturated carbocycles. The van der Waals surface area contributed by atoms with E-state index in [-0.39, 0.29) is 0 Å². The van der Waals surface area contributed by atoms with Crippen LogP contribution in [0.1, 0.15) is 56.2 Å². The molecule has 114 valence electrons. The normalized spacial score (nSPS) is 10.9. The number of hydrogen-bond acceptors (Lipinski definition) is 2. The molecule has 0 aliphatic rings. The minimum absolute atomic E-state index is 1.19. The monoisotopic (exact) mass is 318 g/mol. The highest BCUT2D eigenvalue weighted by Gasteiger charge is 2.03. The Hall–Kier alpha value is -0.860. The maximum absolute atomic E-state index is 3.77. The van der Waals surface area contributed by atoms with E-state index in [4.69, 9.17) is 0 Å². The molecule has 2 heterocycles. The lowest BCUT2D eigenvalue weighted by Crippen LogP contribution is -1.83. The summed E-state index contributed by atoms with van der Waals surface area (Å²) in [6, 6.07) is 8.95. The third-order valence-corrected chi connectivity index (χ3v) is 5.97. The summed E-state index contributed by atoms with van der Waals surface area (Å²) in [4.78, 5) is 4.39. The summed E-state index contributed by atoms with van der Waals surface area (Å²) in [5, 5.41) is 2.16. The smallest absolute Gasteiger partial charge is 0.0445 e. The average molecular weight is 319 g/mol. The lowest BCUT2D eigenvalue weighted by atomic mass is 10.1. The number of unbranched alkanes of at least 4 members (excludes halogenated alkanes) is 7. The van der Waals surface area contributed by atoms with Crippen molar-refractivity contribution in [1.29, 1.82) is 0 Å². The van der Waals surface area contributed by atoms with Gasteiger partial charge in [-0.05, 0) is 49.3 Å². The highest BCUT2D eigenvalue weighted by Crippen LogP contribution is 2.32. The van der Waals surface area contributed by atoms with Crippen LogP contribution in [0.25, 0.3) is 9.75 Å². The van der Waals surface area contributed by atoms with Crippen molar-refractivity contribution in [3.8, 4) is 9.75 Å². The third-order valence-electron chi connectivity index (χ3n) is 3.76. The summed E-state index contributed by atoms with van der Waals surface area (Å²) in [5.41, 5.74) is 0. The number of aryl methyl sites for hydroxylation is 1. The van der Waals surface area contributed by atoms with Crippen LogP contribution in [0, 0.1) is 0 Å². The maximum atomic E-state index is 3.77. The highest BCUT2D eigenvalue weighted by molar-refractivity contribution is 7.21. The SMILES string of the molecule is C=CCCCCCCCCCc1ccc(-c2cccs2)s1. The zero-order valence-corrected chi connectivity index (χ0v) is 14.5. The first-order valence-corrected chi connectivity index (χ1v) is 9.83. The second-order valence-electron chi connectivity index (χ2n) is 5.55. The first-order chi connectivity index (χ1) is 10.4. The van der Waals surface area contributed by atoms with E-state index < -0.39 is 0 Å². The molecule has 0 spiro atoms. The van der Waals surface area contributed by atoms with Gasteiger partial charge in [-0.3, -0.25) is 0 Å². The van der Waals surface area contributed by atoms with E-state index in [1.54, 1.807) is 4.88 Å². The van der Waals surface area contributed by atoms with E-state index in [1.807, 2.05) is 28.7 Å². The van der Waals surface area contributed by atoms with Crippen molar-refractivity contribution in [2.75, 3.05) is 0 Å². The average Bonchev–Trinajstić information content (AvgIpc) is 3.16. The fraction of sp³-hybridized carbons (Fsp3) is 0.474. The quantitative estimate of drug-likeness (QED) is 0.300. The Morgan fingerprint density at radius 2 is 1.62 bits per heavy atom. The molecule has 2 heteroatoms. The van der Waals surface area contributed by atoms with Crippen molar-refractivity contribution in [1.82, 2.24) is 0 Å². The molecule has 0 saturated heterocycles. The molecule has 21 heavy (non-hydrogen) atoms. The van der Waals surface area contributed by atoms with Crippen LogP contribution >= 0.6 is 22.7 Å². The van der Waals surface area contributed by atoms with Gasteiger partial charge in [-0.2, -0.15) is 0 Å². The second kappa shape index (κ2) is 9.97. The fourth-order valence-electron chi connectivity index (χ4n) is 2.54. The number of hydrogen-bond donors (Lipinski definition) is 0. The predicted octanol–water partition coefficient (Wildman–Crippen LogP) is 7.33. The molecule has 0 radical (unpaired) electrons. The van der Waals surface area contributed by atoms with Gasteiger partial charge in [0.2, 0.25) is 0 Å².